The molecule has 0 saturated carbocycles. The van der Waals surface area contributed by atoms with Crippen LogP contribution in [0.3, 0.4) is 0 Å². The van der Waals surface area contributed by atoms with Crippen molar-refractivity contribution in [1.29, 1.82) is 0 Å². The number of anilines is 2. The van der Waals surface area contributed by atoms with E-state index in [2.05, 4.69) is 37.2 Å². The van der Waals surface area contributed by atoms with Crippen molar-refractivity contribution in [2.75, 3.05) is 16.8 Å². The molecule has 24 heavy (non-hydrogen) atoms. The first kappa shape index (κ1) is 17.1. The van der Waals surface area contributed by atoms with Gasteiger partial charge in [-0.1, -0.05) is 28.1 Å². The molecule has 1 atom stereocenters. The summed E-state index contributed by atoms with van der Waals surface area (Å²) in [5, 5.41) is 2.50. The number of carbonyl (C=O) groups is 2. The molecule has 0 aliphatic carbocycles. The molecule has 124 valence electrons. The van der Waals surface area contributed by atoms with Gasteiger partial charge in [0, 0.05) is 15.5 Å². The summed E-state index contributed by atoms with van der Waals surface area (Å²) >= 11 is 6.57. The number of amides is 2. The lowest BCUT2D eigenvalue weighted by molar-refractivity contribution is -0.129. The van der Waals surface area contributed by atoms with E-state index < -0.39 is 17.6 Å². The van der Waals surface area contributed by atoms with Crippen LogP contribution in [0.1, 0.15) is 6.42 Å². The van der Waals surface area contributed by atoms with Crippen LogP contribution in [0.25, 0.3) is 0 Å². The average Bonchev–Trinajstić information content (AvgIpc) is 2.92. The van der Waals surface area contributed by atoms with Crippen LogP contribution in [-0.2, 0) is 9.59 Å². The highest BCUT2D eigenvalue weighted by Crippen LogP contribution is 2.32. The normalized spacial score (nSPS) is 17.2. The third-order valence-corrected chi connectivity index (χ3v) is 5.02. The van der Waals surface area contributed by atoms with Gasteiger partial charge < -0.3 is 10.2 Å². The van der Waals surface area contributed by atoms with Crippen molar-refractivity contribution in [2.45, 2.75) is 6.42 Å². The van der Waals surface area contributed by atoms with E-state index in [1.807, 2.05) is 24.3 Å². The summed E-state index contributed by atoms with van der Waals surface area (Å²) in [4.78, 5) is 26.5. The van der Waals surface area contributed by atoms with Gasteiger partial charge in [-0.2, -0.15) is 0 Å². The van der Waals surface area contributed by atoms with Crippen molar-refractivity contribution in [1.82, 2.24) is 0 Å². The molecular formula is C17H13Br2FN2O2. The van der Waals surface area contributed by atoms with Gasteiger partial charge in [0.1, 0.15) is 11.7 Å². The zero-order valence-corrected chi connectivity index (χ0v) is 15.6. The van der Waals surface area contributed by atoms with E-state index in [9.17, 15) is 14.0 Å². The average molecular weight is 456 g/mol. The number of para-hydroxylation sites is 1. The van der Waals surface area contributed by atoms with Gasteiger partial charge in [0.25, 0.3) is 0 Å². The molecule has 2 aromatic carbocycles. The van der Waals surface area contributed by atoms with Crippen molar-refractivity contribution in [2.24, 2.45) is 5.92 Å². The van der Waals surface area contributed by atoms with E-state index in [1.54, 1.807) is 11.0 Å². The Hall–Kier alpha value is -1.73. The van der Waals surface area contributed by atoms with Gasteiger partial charge >= 0.3 is 0 Å². The molecule has 2 aromatic rings. The zero-order valence-electron chi connectivity index (χ0n) is 12.4. The fraction of sp³-hybridized carbons (Fsp3) is 0.176. The lowest BCUT2D eigenvalue weighted by atomic mass is 10.1. The maximum Gasteiger partial charge on any atom is 0.239 e. The van der Waals surface area contributed by atoms with Crippen molar-refractivity contribution < 1.29 is 14.0 Å². The molecule has 7 heteroatoms. The lowest BCUT2D eigenvalue weighted by Crippen LogP contribution is -2.33. The second-order valence-corrected chi connectivity index (χ2v) is 7.17. The number of nitrogens with zero attached hydrogens (tertiary/aromatic N) is 1. The van der Waals surface area contributed by atoms with Gasteiger partial charge in [-0.15, -0.1) is 0 Å². The summed E-state index contributed by atoms with van der Waals surface area (Å²) < 4.78 is 15.2. The van der Waals surface area contributed by atoms with E-state index in [0.29, 0.717) is 17.4 Å². The molecule has 1 saturated heterocycles. The highest BCUT2D eigenvalue weighted by molar-refractivity contribution is 9.10. The van der Waals surface area contributed by atoms with E-state index >= 15 is 0 Å². The SMILES string of the molecule is O=C(Nc1ccc(Br)cc1F)C1CCN(c2ccccc2Br)C1=O. The van der Waals surface area contributed by atoms with E-state index in [4.69, 9.17) is 0 Å². The summed E-state index contributed by atoms with van der Waals surface area (Å²) in [5.41, 5.74) is 0.794. The molecule has 0 bridgehead atoms. The molecule has 1 heterocycles. The molecule has 1 N–H and O–H groups in total. The molecule has 0 aromatic heterocycles. The van der Waals surface area contributed by atoms with Crippen LogP contribution < -0.4 is 10.2 Å². The van der Waals surface area contributed by atoms with Gasteiger partial charge in [-0.05, 0) is 52.7 Å². The molecule has 3 rings (SSSR count). The number of nitrogens with one attached hydrogen (secondary N) is 1. The van der Waals surface area contributed by atoms with Crippen LogP contribution in [0.15, 0.2) is 51.4 Å². The summed E-state index contributed by atoms with van der Waals surface area (Å²) in [6, 6.07) is 11.7. The Morgan fingerprint density at radius 1 is 1.21 bits per heavy atom. The topological polar surface area (TPSA) is 49.4 Å². The van der Waals surface area contributed by atoms with Crippen molar-refractivity contribution in [3.8, 4) is 0 Å². The van der Waals surface area contributed by atoms with Crippen LogP contribution >= 0.6 is 31.9 Å². The quantitative estimate of drug-likeness (QED) is 0.699. The van der Waals surface area contributed by atoms with Crippen LogP contribution in [0.5, 0.6) is 0 Å². The van der Waals surface area contributed by atoms with E-state index in [-0.39, 0.29) is 11.6 Å². The minimum atomic E-state index is -0.819. The van der Waals surface area contributed by atoms with Gasteiger partial charge in [-0.3, -0.25) is 9.59 Å². The molecule has 0 spiro atoms. The van der Waals surface area contributed by atoms with Crippen LogP contribution in [-0.4, -0.2) is 18.4 Å². The predicted octanol–water partition coefficient (Wildman–Crippen LogP) is 4.34. The van der Waals surface area contributed by atoms with Gasteiger partial charge in [-0.25, -0.2) is 4.39 Å². The van der Waals surface area contributed by atoms with Gasteiger partial charge in [0.05, 0.1) is 11.4 Å². The standard InChI is InChI=1S/C17H13Br2FN2O2/c18-10-5-6-14(13(20)9-10)21-16(23)11-7-8-22(17(11)24)15-4-2-1-3-12(15)19/h1-6,9,11H,7-8H2,(H,21,23). The van der Waals surface area contributed by atoms with Crippen molar-refractivity contribution >= 4 is 55.0 Å². The fourth-order valence-electron chi connectivity index (χ4n) is 2.64. The molecule has 1 fully saturated rings. The summed E-state index contributed by atoms with van der Waals surface area (Å²) in [6.45, 7) is 0.447. The van der Waals surface area contributed by atoms with Crippen LogP contribution in [0.4, 0.5) is 15.8 Å². The minimum absolute atomic E-state index is 0.0651. The summed E-state index contributed by atoms with van der Waals surface area (Å²) in [7, 11) is 0. The Kier molecular flexibility index (Phi) is 5.01. The number of rotatable bonds is 3. The van der Waals surface area contributed by atoms with Gasteiger partial charge in [0.15, 0.2) is 0 Å². The molecule has 1 aliphatic heterocycles. The van der Waals surface area contributed by atoms with Gasteiger partial charge in [0.2, 0.25) is 11.8 Å². The highest BCUT2D eigenvalue weighted by atomic mass is 79.9. The van der Waals surface area contributed by atoms with Crippen LogP contribution in [0, 0.1) is 11.7 Å². The smallest absolute Gasteiger partial charge is 0.239 e. The molecule has 2 amide bonds. The van der Waals surface area contributed by atoms with Crippen molar-refractivity contribution in [3.05, 3.63) is 57.2 Å². The highest BCUT2D eigenvalue weighted by Gasteiger charge is 2.38. The first-order valence-corrected chi connectivity index (χ1v) is 8.88. The fourth-order valence-corrected chi connectivity index (χ4v) is 3.48. The number of benzene rings is 2. The third kappa shape index (κ3) is 3.37. The maximum absolute atomic E-state index is 13.8. The predicted molar refractivity (Wildman–Crippen MR) is 97.3 cm³/mol. The second kappa shape index (κ2) is 7.03. The number of halogens is 3. The van der Waals surface area contributed by atoms with Crippen molar-refractivity contribution in [3.63, 3.8) is 0 Å². The molecule has 0 radical (unpaired) electrons. The Labute approximate surface area is 155 Å². The first-order valence-electron chi connectivity index (χ1n) is 7.29. The molecule has 1 unspecified atom stereocenters. The number of hydrogen-bond acceptors (Lipinski definition) is 2. The molecule has 1 aliphatic rings. The van der Waals surface area contributed by atoms with Crippen LogP contribution in [0.2, 0.25) is 0 Å². The maximum atomic E-state index is 13.8. The third-order valence-electron chi connectivity index (χ3n) is 3.85. The summed E-state index contributed by atoms with van der Waals surface area (Å²) in [6.07, 6.45) is 0.393. The Bertz CT molecular complexity index is 813. The second-order valence-electron chi connectivity index (χ2n) is 5.40. The van der Waals surface area contributed by atoms with E-state index in [1.165, 1.54) is 12.1 Å². The Morgan fingerprint density at radius 2 is 1.96 bits per heavy atom. The monoisotopic (exact) mass is 454 g/mol. The zero-order chi connectivity index (χ0) is 17.3. The lowest BCUT2D eigenvalue weighted by Gasteiger charge is -2.18. The van der Waals surface area contributed by atoms with E-state index in [0.717, 1.165) is 10.2 Å². The summed E-state index contributed by atoms with van der Waals surface area (Å²) in [5.74, 6) is -2.14. The molecule has 4 nitrogen and oxygen atoms in total. The number of carbonyl (C=O) groups excluding carboxylic acids is 2. The largest absolute Gasteiger partial charge is 0.323 e. The Morgan fingerprint density at radius 3 is 2.67 bits per heavy atom. The first-order chi connectivity index (χ1) is 11.5. The number of hydrogen-bond donors (Lipinski definition) is 1. The Balaban J connectivity index is 1.75. The molecular weight excluding hydrogens is 443 g/mol. The minimum Gasteiger partial charge on any atom is -0.323 e.